The van der Waals surface area contributed by atoms with Crippen LogP contribution in [0.5, 0.6) is 0 Å². The third-order valence-electron chi connectivity index (χ3n) is 6.48. The van der Waals surface area contributed by atoms with Crippen molar-refractivity contribution in [3.05, 3.63) is 48.2 Å². The lowest BCUT2D eigenvalue weighted by molar-refractivity contribution is -0.137. The summed E-state index contributed by atoms with van der Waals surface area (Å²) in [6, 6.07) is 10.8. The van der Waals surface area contributed by atoms with Gasteiger partial charge in [-0.05, 0) is 44.0 Å². The molecule has 4 heterocycles. The number of thiazole rings is 1. The first kappa shape index (κ1) is 22.2. The number of sulfonamides is 1. The molecule has 1 amide bonds. The van der Waals surface area contributed by atoms with Crippen LogP contribution in [0.2, 0.25) is 0 Å². The van der Waals surface area contributed by atoms with Crippen molar-refractivity contribution in [3.63, 3.8) is 0 Å². The second kappa shape index (κ2) is 9.00. The molecule has 174 valence electrons. The van der Waals surface area contributed by atoms with Gasteiger partial charge in [-0.15, -0.1) is 0 Å². The van der Waals surface area contributed by atoms with Crippen LogP contribution in [0.3, 0.4) is 0 Å². The van der Waals surface area contributed by atoms with Crippen molar-refractivity contribution in [3.8, 4) is 0 Å². The Labute approximate surface area is 197 Å². The molecule has 33 heavy (non-hydrogen) atoms. The van der Waals surface area contributed by atoms with Crippen LogP contribution in [0.25, 0.3) is 10.3 Å². The van der Waals surface area contributed by atoms with Crippen LogP contribution < -0.4 is 4.90 Å². The number of carbonyl (C=O) groups excluding carboxylic acids is 1. The zero-order chi connectivity index (χ0) is 23.0. The van der Waals surface area contributed by atoms with Crippen molar-refractivity contribution in [2.75, 3.05) is 44.2 Å². The summed E-state index contributed by atoms with van der Waals surface area (Å²) in [5.41, 5.74) is 1.93. The summed E-state index contributed by atoms with van der Waals surface area (Å²) in [6.45, 7) is 5.49. The van der Waals surface area contributed by atoms with Gasteiger partial charge in [-0.25, -0.2) is 18.4 Å². The van der Waals surface area contributed by atoms with E-state index in [1.54, 1.807) is 29.7 Å². The number of fused-ring (bicyclic) bond motifs is 1. The summed E-state index contributed by atoms with van der Waals surface area (Å²) >= 11 is 1.58. The van der Waals surface area contributed by atoms with E-state index in [1.807, 2.05) is 36.1 Å². The second-order valence-corrected chi connectivity index (χ2v) is 11.5. The van der Waals surface area contributed by atoms with E-state index in [1.165, 1.54) is 4.31 Å². The number of aryl methyl sites for hydroxylation is 1. The Morgan fingerprint density at radius 2 is 1.70 bits per heavy atom. The third-order valence-corrected chi connectivity index (χ3v) is 9.43. The minimum atomic E-state index is -3.51. The molecule has 0 aliphatic carbocycles. The molecule has 0 unspecified atom stereocenters. The van der Waals surface area contributed by atoms with E-state index in [2.05, 4.69) is 14.9 Å². The minimum Gasteiger partial charge on any atom is -0.344 e. The van der Waals surface area contributed by atoms with E-state index in [0.29, 0.717) is 43.9 Å². The number of benzene rings is 1. The van der Waals surface area contributed by atoms with Gasteiger partial charge in [-0.3, -0.25) is 4.79 Å². The zero-order valence-electron chi connectivity index (χ0n) is 18.6. The van der Waals surface area contributed by atoms with Gasteiger partial charge >= 0.3 is 0 Å². The zero-order valence-corrected chi connectivity index (χ0v) is 20.2. The summed E-state index contributed by atoms with van der Waals surface area (Å²) in [5.74, 6) is 0.0284. The number of hydrogen-bond donors (Lipinski definition) is 0. The fraction of sp³-hybridized carbons (Fsp3) is 0.435. The average molecular weight is 486 g/mol. The van der Waals surface area contributed by atoms with Crippen molar-refractivity contribution in [2.24, 2.45) is 5.92 Å². The first-order chi connectivity index (χ1) is 15.9. The Kier molecular flexibility index (Phi) is 6.07. The molecule has 2 aliphatic heterocycles. The normalized spacial score (nSPS) is 18.7. The molecule has 2 aliphatic rings. The number of hydrogen-bond acceptors (Lipinski definition) is 7. The Morgan fingerprint density at radius 3 is 2.36 bits per heavy atom. The van der Waals surface area contributed by atoms with Gasteiger partial charge in [-0.2, -0.15) is 4.31 Å². The third kappa shape index (κ3) is 4.47. The summed E-state index contributed by atoms with van der Waals surface area (Å²) in [7, 11) is -3.51. The molecular formula is C23H27N5O3S2. The number of piperazine rings is 1. The van der Waals surface area contributed by atoms with Crippen LogP contribution in [-0.4, -0.2) is 72.8 Å². The molecule has 2 fully saturated rings. The molecule has 0 bridgehead atoms. The monoisotopic (exact) mass is 485 g/mol. The quantitative estimate of drug-likeness (QED) is 0.565. The molecule has 2 aromatic heterocycles. The van der Waals surface area contributed by atoms with Gasteiger partial charge in [0.15, 0.2) is 5.13 Å². The van der Waals surface area contributed by atoms with Gasteiger partial charge in [0, 0.05) is 51.4 Å². The standard InChI is InChI=1S/C23H27N5O3S2/c1-17-4-6-19(7-5-17)33(30,31)28-11-8-18(9-12-28)22(29)26-13-15-27(16-14-26)23-25-20-3-2-10-24-21(20)32-23/h2-7,10,18H,8-9,11-16H2,1H3. The van der Waals surface area contributed by atoms with Gasteiger partial charge in [0.1, 0.15) is 10.3 Å². The molecule has 5 rings (SSSR count). The number of rotatable bonds is 4. The van der Waals surface area contributed by atoms with Crippen molar-refractivity contribution in [1.29, 1.82) is 0 Å². The predicted molar refractivity (Wildman–Crippen MR) is 129 cm³/mol. The number of aromatic nitrogens is 2. The summed E-state index contributed by atoms with van der Waals surface area (Å²) < 4.78 is 27.4. The molecule has 3 aromatic rings. The molecule has 10 heteroatoms. The molecule has 8 nitrogen and oxygen atoms in total. The average Bonchev–Trinajstić information content (AvgIpc) is 3.28. The van der Waals surface area contributed by atoms with Gasteiger partial charge < -0.3 is 9.80 Å². The van der Waals surface area contributed by atoms with E-state index in [9.17, 15) is 13.2 Å². The van der Waals surface area contributed by atoms with Crippen molar-refractivity contribution >= 4 is 42.7 Å². The first-order valence-electron chi connectivity index (χ1n) is 11.2. The largest absolute Gasteiger partial charge is 0.344 e. The molecular weight excluding hydrogens is 458 g/mol. The molecule has 2 saturated heterocycles. The van der Waals surface area contributed by atoms with E-state index < -0.39 is 10.0 Å². The summed E-state index contributed by atoms with van der Waals surface area (Å²) in [5, 5.41) is 0.949. The topological polar surface area (TPSA) is 86.7 Å². The first-order valence-corrected chi connectivity index (χ1v) is 13.5. The van der Waals surface area contributed by atoms with Crippen molar-refractivity contribution < 1.29 is 13.2 Å². The highest BCUT2D eigenvalue weighted by molar-refractivity contribution is 7.89. The van der Waals surface area contributed by atoms with Crippen LogP contribution in [-0.2, 0) is 14.8 Å². The van der Waals surface area contributed by atoms with Crippen LogP contribution in [0.15, 0.2) is 47.5 Å². The highest BCUT2D eigenvalue weighted by atomic mass is 32.2. The lowest BCUT2D eigenvalue weighted by Gasteiger charge is -2.38. The Bertz CT molecular complexity index is 1210. The van der Waals surface area contributed by atoms with Gasteiger partial charge in [0.2, 0.25) is 15.9 Å². The molecule has 0 atom stereocenters. The Morgan fingerprint density at radius 1 is 1.00 bits per heavy atom. The van der Waals surface area contributed by atoms with E-state index in [-0.39, 0.29) is 11.8 Å². The number of nitrogens with zero attached hydrogens (tertiary/aromatic N) is 5. The minimum absolute atomic E-state index is 0.118. The Balaban J connectivity index is 1.16. The molecule has 0 spiro atoms. The number of anilines is 1. The predicted octanol–water partition coefficient (Wildman–Crippen LogP) is 2.75. The van der Waals surface area contributed by atoms with Gasteiger partial charge in [0.05, 0.1) is 4.90 Å². The smallest absolute Gasteiger partial charge is 0.243 e. The maximum atomic E-state index is 13.1. The lowest BCUT2D eigenvalue weighted by Crippen LogP contribution is -2.52. The summed E-state index contributed by atoms with van der Waals surface area (Å²) in [4.78, 5) is 27.5. The Hall–Kier alpha value is -2.56. The molecule has 1 aromatic carbocycles. The fourth-order valence-corrected chi connectivity index (χ4v) is 6.90. The number of piperidine rings is 1. The fourth-order valence-electron chi connectivity index (χ4n) is 4.47. The molecule has 0 saturated carbocycles. The SMILES string of the molecule is Cc1ccc(S(=O)(=O)N2CCC(C(=O)N3CCN(c4nc5cccnc5s4)CC3)CC2)cc1. The van der Waals surface area contributed by atoms with E-state index in [0.717, 1.165) is 34.1 Å². The maximum Gasteiger partial charge on any atom is 0.243 e. The molecule has 0 N–H and O–H groups in total. The van der Waals surface area contributed by atoms with Crippen LogP contribution >= 0.6 is 11.3 Å². The van der Waals surface area contributed by atoms with Gasteiger partial charge in [0.25, 0.3) is 0 Å². The highest BCUT2D eigenvalue weighted by Crippen LogP contribution is 2.29. The maximum absolute atomic E-state index is 13.1. The van der Waals surface area contributed by atoms with E-state index in [4.69, 9.17) is 0 Å². The summed E-state index contributed by atoms with van der Waals surface area (Å²) in [6.07, 6.45) is 2.90. The van der Waals surface area contributed by atoms with Gasteiger partial charge in [-0.1, -0.05) is 29.0 Å². The number of pyridine rings is 1. The lowest BCUT2D eigenvalue weighted by atomic mass is 9.96. The van der Waals surface area contributed by atoms with Crippen molar-refractivity contribution in [1.82, 2.24) is 19.2 Å². The second-order valence-electron chi connectivity index (χ2n) is 8.63. The van der Waals surface area contributed by atoms with E-state index >= 15 is 0 Å². The van der Waals surface area contributed by atoms with Crippen LogP contribution in [0.4, 0.5) is 5.13 Å². The van der Waals surface area contributed by atoms with Crippen LogP contribution in [0, 0.1) is 12.8 Å². The van der Waals surface area contributed by atoms with Crippen LogP contribution in [0.1, 0.15) is 18.4 Å². The van der Waals surface area contributed by atoms with Crippen molar-refractivity contribution in [2.45, 2.75) is 24.7 Å². The number of carbonyl (C=O) groups is 1. The number of amides is 1. The molecule has 0 radical (unpaired) electrons. The highest BCUT2D eigenvalue weighted by Gasteiger charge is 2.34.